The van der Waals surface area contributed by atoms with E-state index < -0.39 is 17.6 Å². The lowest BCUT2D eigenvalue weighted by Gasteiger charge is -2.07. The van der Waals surface area contributed by atoms with Crippen LogP contribution in [0, 0.1) is 5.82 Å². The van der Waals surface area contributed by atoms with Crippen molar-refractivity contribution in [2.45, 2.75) is 12.6 Å². The third-order valence-electron chi connectivity index (χ3n) is 1.88. The molecule has 0 saturated carbocycles. The van der Waals surface area contributed by atoms with E-state index in [9.17, 15) is 17.6 Å². The molecular weight excluding hydrogens is 288 g/mol. The molecule has 88 valence electrons. The summed E-state index contributed by atoms with van der Waals surface area (Å²) in [6.45, 7) is 0. The maximum atomic E-state index is 13.1. The Hall–Kier alpha value is -0.840. The topological polar surface area (TPSA) is 0 Å². The van der Waals surface area contributed by atoms with E-state index in [2.05, 4.69) is 15.9 Å². The summed E-state index contributed by atoms with van der Waals surface area (Å²) in [6, 6.07) is 2.88. The molecule has 0 unspecified atom stereocenters. The lowest BCUT2D eigenvalue weighted by atomic mass is 10.1. The first kappa shape index (κ1) is 13.2. The van der Waals surface area contributed by atoms with Crippen molar-refractivity contribution in [2.24, 2.45) is 0 Å². The van der Waals surface area contributed by atoms with Crippen LogP contribution in [0.3, 0.4) is 0 Å². The zero-order valence-corrected chi connectivity index (χ0v) is 9.78. The lowest BCUT2D eigenvalue weighted by molar-refractivity contribution is -0.140. The van der Waals surface area contributed by atoms with Crippen LogP contribution >= 0.6 is 15.9 Å². The first-order valence-electron chi connectivity index (χ1n) is 4.54. The fourth-order valence-corrected chi connectivity index (χ4v) is 1.41. The Morgan fingerprint density at radius 1 is 1.25 bits per heavy atom. The van der Waals surface area contributed by atoms with Gasteiger partial charge in [-0.05, 0) is 24.1 Å². The van der Waals surface area contributed by atoms with Gasteiger partial charge in [-0.15, -0.1) is 0 Å². The summed E-state index contributed by atoms with van der Waals surface area (Å²) >= 11 is 3.20. The number of rotatable bonds is 3. The van der Waals surface area contributed by atoms with Crippen LogP contribution in [0.2, 0.25) is 0 Å². The molecule has 5 heteroatoms. The number of hydrogen-bond donors (Lipinski definition) is 0. The van der Waals surface area contributed by atoms with E-state index in [1.54, 1.807) is 12.2 Å². The quantitative estimate of drug-likeness (QED) is 0.563. The molecule has 0 saturated heterocycles. The number of allylic oxidation sites excluding steroid dienone is 1. The zero-order valence-electron chi connectivity index (χ0n) is 8.19. The third-order valence-corrected chi connectivity index (χ3v) is 2.34. The molecule has 0 bridgehead atoms. The standard InChI is InChI=1S/C11H9BrF4/c12-6-2-1-3-8-4-5-9(10(13)7-8)11(14,15)16/h1,3-5,7H,2,6H2. The maximum absolute atomic E-state index is 13.1. The predicted octanol–water partition coefficient (Wildman–Crippen LogP) is 4.64. The van der Waals surface area contributed by atoms with E-state index in [1.807, 2.05) is 0 Å². The molecule has 0 amide bonds. The molecule has 0 spiro atoms. The Morgan fingerprint density at radius 3 is 2.44 bits per heavy atom. The van der Waals surface area contributed by atoms with E-state index in [0.717, 1.165) is 23.9 Å². The molecule has 0 fully saturated rings. The van der Waals surface area contributed by atoms with Gasteiger partial charge in [0, 0.05) is 5.33 Å². The maximum Gasteiger partial charge on any atom is 0.419 e. The first-order chi connectivity index (χ1) is 7.45. The summed E-state index contributed by atoms with van der Waals surface area (Å²) in [5, 5.41) is 0.757. The number of hydrogen-bond acceptors (Lipinski definition) is 0. The van der Waals surface area contributed by atoms with Gasteiger partial charge in [0.25, 0.3) is 0 Å². The summed E-state index contributed by atoms with van der Waals surface area (Å²) in [5.74, 6) is -1.24. The third kappa shape index (κ3) is 3.63. The molecule has 0 heterocycles. The molecule has 0 radical (unpaired) electrons. The Morgan fingerprint density at radius 2 is 1.94 bits per heavy atom. The molecule has 0 aliphatic rings. The van der Waals surface area contributed by atoms with Crippen molar-refractivity contribution < 1.29 is 17.6 Å². The second-order valence-electron chi connectivity index (χ2n) is 3.12. The minimum Gasteiger partial charge on any atom is -0.206 e. The minimum atomic E-state index is -4.64. The van der Waals surface area contributed by atoms with Crippen LogP contribution < -0.4 is 0 Å². The molecule has 16 heavy (non-hydrogen) atoms. The highest BCUT2D eigenvalue weighted by molar-refractivity contribution is 9.09. The molecule has 0 aliphatic carbocycles. The zero-order chi connectivity index (χ0) is 12.2. The summed E-state index contributed by atoms with van der Waals surface area (Å²) in [7, 11) is 0. The van der Waals surface area contributed by atoms with Gasteiger partial charge in [0.15, 0.2) is 0 Å². The van der Waals surface area contributed by atoms with Gasteiger partial charge >= 0.3 is 6.18 Å². The highest BCUT2D eigenvalue weighted by Crippen LogP contribution is 2.31. The van der Waals surface area contributed by atoms with Crippen molar-refractivity contribution in [1.29, 1.82) is 0 Å². The van der Waals surface area contributed by atoms with Crippen LogP contribution in [-0.2, 0) is 6.18 Å². The lowest BCUT2D eigenvalue weighted by Crippen LogP contribution is -2.07. The van der Waals surface area contributed by atoms with Crippen molar-refractivity contribution in [2.75, 3.05) is 5.33 Å². The van der Waals surface area contributed by atoms with Gasteiger partial charge in [0.2, 0.25) is 0 Å². The average Bonchev–Trinajstić information content (AvgIpc) is 2.16. The second kappa shape index (κ2) is 5.48. The van der Waals surface area contributed by atoms with Crippen LogP contribution in [0.15, 0.2) is 24.3 Å². The Labute approximate surface area is 99.1 Å². The van der Waals surface area contributed by atoms with Crippen LogP contribution in [-0.4, -0.2) is 5.33 Å². The van der Waals surface area contributed by atoms with Gasteiger partial charge in [-0.3, -0.25) is 0 Å². The molecule has 1 aromatic carbocycles. The van der Waals surface area contributed by atoms with Gasteiger partial charge in [-0.1, -0.05) is 34.1 Å². The number of benzene rings is 1. The smallest absolute Gasteiger partial charge is 0.206 e. The molecule has 0 aromatic heterocycles. The normalized spacial score (nSPS) is 12.3. The van der Waals surface area contributed by atoms with Crippen LogP contribution in [0.1, 0.15) is 17.5 Å². The van der Waals surface area contributed by atoms with E-state index in [-0.39, 0.29) is 0 Å². The molecule has 0 aliphatic heterocycles. The number of halogens is 5. The van der Waals surface area contributed by atoms with Crippen LogP contribution in [0.4, 0.5) is 17.6 Å². The van der Waals surface area contributed by atoms with E-state index >= 15 is 0 Å². The molecular formula is C11H9BrF4. The summed E-state index contributed by atoms with van der Waals surface area (Å²) in [6.07, 6.45) is -0.549. The van der Waals surface area contributed by atoms with Crippen molar-refractivity contribution in [1.82, 2.24) is 0 Å². The van der Waals surface area contributed by atoms with Crippen molar-refractivity contribution in [3.63, 3.8) is 0 Å². The van der Waals surface area contributed by atoms with Gasteiger partial charge in [-0.25, -0.2) is 4.39 Å². The first-order valence-corrected chi connectivity index (χ1v) is 5.66. The molecule has 1 rings (SSSR count). The predicted molar refractivity (Wildman–Crippen MR) is 58.8 cm³/mol. The Balaban J connectivity index is 2.91. The summed E-state index contributed by atoms with van der Waals surface area (Å²) in [5.41, 5.74) is -0.809. The summed E-state index contributed by atoms with van der Waals surface area (Å²) in [4.78, 5) is 0. The fourth-order valence-electron chi connectivity index (χ4n) is 1.15. The Bertz CT molecular complexity index is 382. The number of alkyl halides is 4. The highest BCUT2D eigenvalue weighted by atomic mass is 79.9. The van der Waals surface area contributed by atoms with Crippen LogP contribution in [0.25, 0.3) is 6.08 Å². The largest absolute Gasteiger partial charge is 0.419 e. The minimum absolute atomic E-state index is 0.423. The van der Waals surface area contributed by atoms with E-state index in [4.69, 9.17) is 0 Å². The molecule has 1 aromatic rings. The van der Waals surface area contributed by atoms with E-state index in [0.29, 0.717) is 5.56 Å². The van der Waals surface area contributed by atoms with Crippen molar-refractivity contribution in [3.8, 4) is 0 Å². The van der Waals surface area contributed by atoms with Gasteiger partial charge in [0.05, 0.1) is 5.56 Å². The SMILES string of the molecule is Fc1cc(C=CCCBr)ccc1C(F)(F)F. The van der Waals surface area contributed by atoms with Crippen LogP contribution in [0.5, 0.6) is 0 Å². The highest BCUT2D eigenvalue weighted by Gasteiger charge is 2.33. The second-order valence-corrected chi connectivity index (χ2v) is 3.91. The van der Waals surface area contributed by atoms with Crippen molar-refractivity contribution in [3.05, 3.63) is 41.2 Å². The molecule has 0 atom stereocenters. The van der Waals surface area contributed by atoms with Crippen molar-refractivity contribution >= 4 is 22.0 Å². The average molecular weight is 297 g/mol. The van der Waals surface area contributed by atoms with E-state index in [1.165, 1.54) is 6.07 Å². The Kier molecular flexibility index (Phi) is 4.53. The van der Waals surface area contributed by atoms with Gasteiger partial charge < -0.3 is 0 Å². The fraction of sp³-hybridized carbons (Fsp3) is 0.273. The molecule has 0 N–H and O–H groups in total. The molecule has 0 nitrogen and oxygen atoms in total. The monoisotopic (exact) mass is 296 g/mol. The van der Waals surface area contributed by atoms with Gasteiger partial charge in [0.1, 0.15) is 5.82 Å². The van der Waals surface area contributed by atoms with Gasteiger partial charge in [-0.2, -0.15) is 13.2 Å². The summed E-state index contributed by atoms with van der Waals surface area (Å²) < 4.78 is 49.8.